The van der Waals surface area contributed by atoms with Crippen LogP contribution in [0.2, 0.25) is 0 Å². The van der Waals surface area contributed by atoms with Crippen LogP contribution in [-0.2, 0) is 29.1 Å². The Morgan fingerprint density at radius 2 is 2.24 bits per heavy atom. The van der Waals surface area contributed by atoms with Crippen molar-refractivity contribution in [1.29, 1.82) is 0 Å². The molecule has 1 aliphatic rings. The zero-order valence-corrected chi connectivity index (χ0v) is 12.1. The van der Waals surface area contributed by atoms with Crippen LogP contribution in [0.25, 0.3) is 0 Å². The minimum atomic E-state index is -0.0520. The summed E-state index contributed by atoms with van der Waals surface area (Å²) in [7, 11) is 0. The van der Waals surface area contributed by atoms with Crippen LogP contribution in [0, 0.1) is 12.8 Å². The summed E-state index contributed by atoms with van der Waals surface area (Å²) in [6, 6.07) is 9.78. The highest BCUT2D eigenvalue weighted by Gasteiger charge is 2.26. The van der Waals surface area contributed by atoms with Gasteiger partial charge in [0, 0.05) is 18.0 Å². The molecule has 1 amide bonds. The molecule has 1 aromatic heterocycles. The molecule has 0 radical (unpaired) electrons. The van der Waals surface area contributed by atoms with E-state index >= 15 is 0 Å². The van der Waals surface area contributed by atoms with Gasteiger partial charge >= 0.3 is 0 Å². The number of benzene rings is 1. The van der Waals surface area contributed by atoms with Crippen molar-refractivity contribution < 1.29 is 9.63 Å². The molecule has 0 aliphatic heterocycles. The Balaban J connectivity index is 1.50. The van der Waals surface area contributed by atoms with Crippen molar-refractivity contribution in [2.45, 2.75) is 32.8 Å². The summed E-state index contributed by atoms with van der Waals surface area (Å²) >= 11 is 0. The molecule has 0 saturated carbocycles. The lowest BCUT2D eigenvalue weighted by molar-refractivity contribution is -0.139. The standard InChI is InChI=1S/C16H19N3O2/c1-11-17-14-8-7-13(9-15(14)18-11)16(20)19-21-10-12-5-3-2-4-6-12/h2-6,13H,7-10H2,1H3,(H,17,18)(H,19,20). The number of carbonyl (C=O) groups excluding carboxylic acids is 1. The Hall–Kier alpha value is -2.14. The van der Waals surface area contributed by atoms with Gasteiger partial charge in [0.2, 0.25) is 5.91 Å². The van der Waals surface area contributed by atoms with Crippen LogP contribution in [0.1, 0.15) is 29.2 Å². The average molecular weight is 285 g/mol. The first-order valence-electron chi connectivity index (χ1n) is 7.22. The summed E-state index contributed by atoms with van der Waals surface area (Å²) in [6.45, 7) is 2.32. The number of aromatic amines is 1. The number of carbonyl (C=O) groups is 1. The maximum atomic E-state index is 12.1. The van der Waals surface area contributed by atoms with Crippen molar-refractivity contribution in [3.8, 4) is 0 Å². The number of hydrogen-bond donors (Lipinski definition) is 2. The number of H-pyrrole nitrogens is 1. The SMILES string of the molecule is Cc1nc2c([nH]1)CC(C(=O)NOCc1ccccc1)CC2. The number of amides is 1. The van der Waals surface area contributed by atoms with Crippen LogP contribution >= 0.6 is 0 Å². The summed E-state index contributed by atoms with van der Waals surface area (Å²) in [5, 5.41) is 0. The molecule has 1 unspecified atom stereocenters. The van der Waals surface area contributed by atoms with Gasteiger partial charge in [0.15, 0.2) is 0 Å². The molecule has 3 rings (SSSR count). The number of hydrogen-bond acceptors (Lipinski definition) is 3. The minimum Gasteiger partial charge on any atom is -0.346 e. The molecule has 2 N–H and O–H groups in total. The molecule has 0 saturated heterocycles. The van der Waals surface area contributed by atoms with Crippen LogP contribution in [-0.4, -0.2) is 15.9 Å². The fourth-order valence-electron chi connectivity index (χ4n) is 2.70. The summed E-state index contributed by atoms with van der Waals surface area (Å²) < 4.78 is 0. The lowest BCUT2D eigenvalue weighted by atomic mass is 9.89. The van der Waals surface area contributed by atoms with Crippen molar-refractivity contribution in [2.75, 3.05) is 0 Å². The highest BCUT2D eigenvalue weighted by molar-refractivity contribution is 5.78. The Labute approximate surface area is 123 Å². The number of fused-ring (bicyclic) bond motifs is 1. The number of imidazole rings is 1. The third-order valence-electron chi connectivity index (χ3n) is 3.79. The first kappa shape index (κ1) is 13.8. The van der Waals surface area contributed by atoms with Crippen molar-refractivity contribution >= 4 is 5.91 Å². The Bertz CT molecular complexity index is 622. The first-order valence-corrected chi connectivity index (χ1v) is 7.22. The number of nitrogens with one attached hydrogen (secondary N) is 2. The number of aromatic nitrogens is 2. The van der Waals surface area contributed by atoms with E-state index in [2.05, 4.69) is 15.4 Å². The molecular formula is C16H19N3O2. The topological polar surface area (TPSA) is 67.0 Å². The van der Waals surface area contributed by atoms with Gasteiger partial charge in [-0.3, -0.25) is 9.63 Å². The number of aryl methyl sites for hydroxylation is 2. The second-order valence-corrected chi connectivity index (χ2v) is 5.43. The van der Waals surface area contributed by atoms with Gasteiger partial charge in [-0.25, -0.2) is 10.5 Å². The van der Waals surface area contributed by atoms with Crippen molar-refractivity contribution in [2.24, 2.45) is 5.92 Å². The zero-order valence-electron chi connectivity index (χ0n) is 12.1. The summed E-state index contributed by atoms with van der Waals surface area (Å²) in [5.41, 5.74) is 5.78. The summed E-state index contributed by atoms with van der Waals surface area (Å²) in [5.74, 6) is 0.818. The number of hydroxylamine groups is 1. The predicted octanol–water partition coefficient (Wildman–Crippen LogP) is 2.07. The van der Waals surface area contributed by atoms with E-state index in [1.54, 1.807) is 0 Å². The molecule has 1 atom stereocenters. The summed E-state index contributed by atoms with van der Waals surface area (Å²) in [4.78, 5) is 25.1. The quantitative estimate of drug-likeness (QED) is 0.845. The normalized spacial score (nSPS) is 17.3. The monoisotopic (exact) mass is 285 g/mol. The van der Waals surface area contributed by atoms with Crippen LogP contribution < -0.4 is 5.48 Å². The van der Waals surface area contributed by atoms with Gasteiger partial charge in [-0.05, 0) is 25.3 Å². The van der Waals surface area contributed by atoms with E-state index in [1.807, 2.05) is 37.3 Å². The molecule has 1 aliphatic carbocycles. The maximum Gasteiger partial charge on any atom is 0.247 e. The highest BCUT2D eigenvalue weighted by Crippen LogP contribution is 2.23. The molecule has 5 heteroatoms. The van der Waals surface area contributed by atoms with Gasteiger partial charge in [-0.15, -0.1) is 0 Å². The van der Waals surface area contributed by atoms with E-state index in [1.165, 1.54) is 0 Å². The molecular weight excluding hydrogens is 266 g/mol. The van der Waals surface area contributed by atoms with Gasteiger partial charge in [0.25, 0.3) is 0 Å². The Morgan fingerprint density at radius 1 is 1.43 bits per heavy atom. The maximum absolute atomic E-state index is 12.1. The van der Waals surface area contributed by atoms with E-state index in [9.17, 15) is 4.79 Å². The fourth-order valence-corrected chi connectivity index (χ4v) is 2.70. The van der Waals surface area contributed by atoms with Crippen LogP contribution in [0.15, 0.2) is 30.3 Å². The number of nitrogens with zero attached hydrogens (tertiary/aromatic N) is 1. The summed E-state index contributed by atoms with van der Waals surface area (Å²) in [6.07, 6.45) is 2.37. The van der Waals surface area contributed by atoms with Crippen LogP contribution in [0.3, 0.4) is 0 Å². The molecule has 2 aromatic rings. The van der Waals surface area contributed by atoms with E-state index in [-0.39, 0.29) is 11.8 Å². The largest absolute Gasteiger partial charge is 0.346 e. The van der Waals surface area contributed by atoms with Crippen LogP contribution in [0.4, 0.5) is 0 Å². The molecule has 1 aromatic carbocycles. The smallest absolute Gasteiger partial charge is 0.247 e. The fraction of sp³-hybridized carbons (Fsp3) is 0.375. The van der Waals surface area contributed by atoms with Gasteiger partial charge in [0.05, 0.1) is 12.3 Å². The van der Waals surface area contributed by atoms with Crippen molar-refractivity contribution in [3.05, 3.63) is 53.1 Å². The van der Waals surface area contributed by atoms with Crippen molar-refractivity contribution in [1.82, 2.24) is 15.4 Å². The van der Waals surface area contributed by atoms with E-state index in [0.29, 0.717) is 13.0 Å². The molecule has 5 nitrogen and oxygen atoms in total. The zero-order chi connectivity index (χ0) is 14.7. The molecule has 110 valence electrons. The first-order chi connectivity index (χ1) is 10.2. The van der Waals surface area contributed by atoms with Gasteiger partial charge in [-0.2, -0.15) is 0 Å². The lowest BCUT2D eigenvalue weighted by Gasteiger charge is -2.20. The second-order valence-electron chi connectivity index (χ2n) is 5.43. The van der Waals surface area contributed by atoms with Gasteiger partial charge in [-0.1, -0.05) is 30.3 Å². The third-order valence-corrected chi connectivity index (χ3v) is 3.79. The highest BCUT2D eigenvalue weighted by atomic mass is 16.6. The van der Waals surface area contributed by atoms with Gasteiger partial charge in [0.1, 0.15) is 5.82 Å². The van der Waals surface area contributed by atoms with E-state index < -0.39 is 0 Å². The Kier molecular flexibility index (Phi) is 4.01. The molecule has 21 heavy (non-hydrogen) atoms. The van der Waals surface area contributed by atoms with Gasteiger partial charge < -0.3 is 4.98 Å². The van der Waals surface area contributed by atoms with Crippen LogP contribution in [0.5, 0.6) is 0 Å². The molecule has 1 heterocycles. The lowest BCUT2D eigenvalue weighted by Crippen LogP contribution is -2.34. The number of rotatable bonds is 4. The van der Waals surface area contributed by atoms with E-state index in [4.69, 9.17) is 4.84 Å². The van der Waals surface area contributed by atoms with Crippen molar-refractivity contribution in [3.63, 3.8) is 0 Å². The molecule has 0 bridgehead atoms. The average Bonchev–Trinajstić information content (AvgIpc) is 2.87. The Morgan fingerprint density at radius 3 is 3.05 bits per heavy atom. The molecule has 0 spiro atoms. The minimum absolute atomic E-state index is 0.0480. The third kappa shape index (κ3) is 3.31. The van der Waals surface area contributed by atoms with E-state index in [0.717, 1.165) is 35.6 Å². The predicted molar refractivity (Wildman–Crippen MR) is 78.2 cm³/mol. The molecule has 0 fully saturated rings. The second kappa shape index (κ2) is 6.10.